The van der Waals surface area contributed by atoms with Crippen molar-refractivity contribution in [3.05, 3.63) is 58.1 Å². The molecule has 21 heavy (non-hydrogen) atoms. The summed E-state index contributed by atoms with van der Waals surface area (Å²) in [6.45, 7) is 5.43. The lowest BCUT2D eigenvalue weighted by Gasteiger charge is -2.17. The predicted octanol–water partition coefficient (Wildman–Crippen LogP) is 6.11. The highest BCUT2D eigenvalue weighted by Gasteiger charge is 2.09. The fraction of sp³-hybridized carbons (Fsp3) is 0.333. The van der Waals surface area contributed by atoms with Crippen molar-refractivity contribution >= 4 is 23.2 Å². The van der Waals surface area contributed by atoms with Gasteiger partial charge in [-0.2, -0.15) is 0 Å². The molecule has 3 heteroatoms. The highest BCUT2D eigenvalue weighted by atomic mass is 35.5. The van der Waals surface area contributed by atoms with Crippen LogP contribution in [-0.2, 0) is 0 Å². The molecule has 0 amide bonds. The van der Waals surface area contributed by atoms with Crippen LogP contribution in [0, 0.1) is 0 Å². The van der Waals surface area contributed by atoms with Crippen LogP contribution in [0.25, 0.3) is 11.1 Å². The summed E-state index contributed by atoms with van der Waals surface area (Å²) >= 11 is 12.3. The van der Waals surface area contributed by atoms with Gasteiger partial charge in [-0.15, -0.1) is 0 Å². The van der Waals surface area contributed by atoms with E-state index >= 15 is 0 Å². The second-order valence-electron chi connectivity index (χ2n) is 5.16. The second-order valence-corrected chi connectivity index (χ2v) is 6.00. The molecule has 0 aliphatic rings. The van der Waals surface area contributed by atoms with Crippen LogP contribution in [-0.4, -0.2) is 6.54 Å². The molecule has 2 aromatic rings. The molecule has 2 rings (SSSR count). The number of hydrogen-bond donors (Lipinski definition) is 1. The molecule has 0 aromatic heterocycles. The average molecular weight is 322 g/mol. The number of halogens is 2. The standard InChI is InChI=1S/C18H21Cl2N/c1-3-11-21-18(4-2)14-7-5-13(6-8-14)16-12-15(19)9-10-17(16)20/h5-10,12,18,21H,3-4,11H2,1-2H3. The Bertz CT molecular complexity index is 578. The van der Waals surface area contributed by atoms with Crippen molar-refractivity contribution in [1.82, 2.24) is 5.32 Å². The second kappa shape index (κ2) is 7.84. The fourth-order valence-corrected chi connectivity index (χ4v) is 2.83. The van der Waals surface area contributed by atoms with E-state index in [1.165, 1.54) is 5.56 Å². The quantitative estimate of drug-likeness (QED) is 0.676. The third-order valence-corrected chi connectivity index (χ3v) is 4.17. The Morgan fingerprint density at radius 2 is 1.71 bits per heavy atom. The summed E-state index contributed by atoms with van der Waals surface area (Å²) in [7, 11) is 0. The van der Waals surface area contributed by atoms with E-state index in [0.717, 1.165) is 35.5 Å². The lowest BCUT2D eigenvalue weighted by Crippen LogP contribution is -2.21. The van der Waals surface area contributed by atoms with Gasteiger partial charge in [0.25, 0.3) is 0 Å². The topological polar surface area (TPSA) is 12.0 Å². The normalized spacial score (nSPS) is 12.4. The van der Waals surface area contributed by atoms with Gasteiger partial charge in [-0.25, -0.2) is 0 Å². The summed E-state index contributed by atoms with van der Waals surface area (Å²) in [4.78, 5) is 0. The van der Waals surface area contributed by atoms with Crippen LogP contribution < -0.4 is 5.32 Å². The molecule has 1 unspecified atom stereocenters. The van der Waals surface area contributed by atoms with Crippen molar-refractivity contribution in [3.63, 3.8) is 0 Å². The zero-order valence-electron chi connectivity index (χ0n) is 12.5. The highest BCUT2D eigenvalue weighted by Crippen LogP contribution is 2.31. The molecule has 1 atom stereocenters. The lowest BCUT2D eigenvalue weighted by molar-refractivity contribution is 0.518. The summed E-state index contributed by atoms with van der Waals surface area (Å²) in [5, 5.41) is 5.00. The Kier molecular flexibility index (Phi) is 6.10. The monoisotopic (exact) mass is 321 g/mol. The van der Waals surface area contributed by atoms with Crippen molar-refractivity contribution in [2.45, 2.75) is 32.7 Å². The van der Waals surface area contributed by atoms with Crippen molar-refractivity contribution in [2.75, 3.05) is 6.54 Å². The Morgan fingerprint density at radius 1 is 1.00 bits per heavy atom. The molecule has 112 valence electrons. The van der Waals surface area contributed by atoms with E-state index in [1.807, 2.05) is 18.2 Å². The van der Waals surface area contributed by atoms with E-state index in [0.29, 0.717) is 11.1 Å². The average Bonchev–Trinajstić information content (AvgIpc) is 2.51. The SMILES string of the molecule is CCCNC(CC)c1ccc(-c2cc(Cl)ccc2Cl)cc1. The van der Waals surface area contributed by atoms with Crippen molar-refractivity contribution in [3.8, 4) is 11.1 Å². The minimum atomic E-state index is 0.411. The van der Waals surface area contributed by atoms with Gasteiger partial charge in [-0.05, 0) is 48.7 Å². The molecule has 0 heterocycles. The number of hydrogen-bond acceptors (Lipinski definition) is 1. The van der Waals surface area contributed by atoms with Crippen LogP contribution >= 0.6 is 23.2 Å². The van der Waals surface area contributed by atoms with E-state index in [-0.39, 0.29) is 0 Å². The van der Waals surface area contributed by atoms with Crippen molar-refractivity contribution in [1.29, 1.82) is 0 Å². The molecule has 0 spiro atoms. The van der Waals surface area contributed by atoms with Crippen LogP contribution in [0.1, 0.15) is 38.3 Å². The number of rotatable bonds is 6. The van der Waals surface area contributed by atoms with Gasteiger partial charge in [0, 0.05) is 21.7 Å². The first-order valence-electron chi connectivity index (χ1n) is 7.44. The predicted molar refractivity (Wildman–Crippen MR) is 93.2 cm³/mol. The number of benzene rings is 2. The van der Waals surface area contributed by atoms with E-state index in [1.54, 1.807) is 0 Å². The Morgan fingerprint density at radius 3 is 2.33 bits per heavy atom. The lowest BCUT2D eigenvalue weighted by atomic mass is 9.99. The van der Waals surface area contributed by atoms with Gasteiger partial charge in [0.1, 0.15) is 0 Å². The Balaban J connectivity index is 2.23. The van der Waals surface area contributed by atoms with E-state index in [9.17, 15) is 0 Å². The minimum absolute atomic E-state index is 0.411. The largest absolute Gasteiger partial charge is 0.310 e. The van der Waals surface area contributed by atoms with Gasteiger partial charge in [0.15, 0.2) is 0 Å². The zero-order chi connectivity index (χ0) is 15.2. The molecule has 0 fully saturated rings. The molecule has 0 aliphatic carbocycles. The van der Waals surface area contributed by atoms with Crippen molar-refractivity contribution in [2.24, 2.45) is 0 Å². The molecule has 0 saturated carbocycles. The van der Waals surface area contributed by atoms with Crippen LogP contribution in [0.2, 0.25) is 10.0 Å². The maximum atomic E-state index is 6.26. The van der Waals surface area contributed by atoms with Crippen LogP contribution in [0.3, 0.4) is 0 Å². The van der Waals surface area contributed by atoms with Crippen LogP contribution in [0.4, 0.5) is 0 Å². The molecule has 0 aliphatic heterocycles. The number of nitrogens with one attached hydrogen (secondary N) is 1. The maximum absolute atomic E-state index is 6.26. The van der Waals surface area contributed by atoms with Gasteiger partial charge >= 0.3 is 0 Å². The molecule has 0 radical (unpaired) electrons. The molecular weight excluding hydrogens is 301 g/mol. The van der Waals surface area contributed by atoms with Crippen LogP contribution in [0.5, 0.6) is 0 Å². The van der Waals surface area contributed by atoms with Crippen molar-refractivity contribution < 1.29 is 0 Å². The van der Waals surface area contributed by atoms with E-state index in [2.05, 4.69) is 43.4 Å². The first kappa shape index (κ1) is 16.4. The van der Waals surface area contributed by atoms with Gasteiger partial charge in [0.05, 0.1) is 0 Å². The molecule has 0 bridgehead atoms. The van der Waals surface area contributed by atoms with Gasteiger partial charge in [-0.1, -0.05) is 61.3 Å². The van der Waals surface area contributed by atoms with E-state index < -0.39 is 0 Å². The highest BCUT2D eigenvalue weighted by molar-refractivity contribution is 6.35. The maximum Gasteiger partial charge on any atom is 0.0485 e. The minimum Gasteiger partial charge on any atom is -0.310 e. The first-order valence-corrected chi connectivity index (χ1v) is 8.20. The summed E-state index contributed by atoms with van der Waals surface area (Å²) in [5.41, 5.74) is 3.38. The van der Waals surface area contributed by atoms with E-state index in [4.69, 9.17) is 23.2 Å². The summed E-state index contributed by atoms with van der Waals surface area (Å²) in [6, 6.07) is 14.5. The molecule has 2 aromatic carbocycles. The van der Waals surface area contributed by atoms with Crippen LogP contribution in [0.15, 0.2) is 42.5 Å². The summed E-state index contributed by atoms with van der Waals surface area (Å²) < 4.78 is 0. The first-order chi connectivity index (χ1) is 10.2. The molecule has 1 N–H and O–H groups in total. The van der Waals surface area contributed by atoms with Gasteiger partial charge < -0.3 is 5.32 Å². The van der Waals surface area contributed by atoms with Gasteiger partial charge in [-0.3, -0.25) is 0 Å². The fourth-order valence-electron chi connectivity index (χ4n) is 2.43. The molecule has 1 nitrogen and oxygen atoms in total. The summed E-state index contributed by atoms with van der Waals surface area (Å²) in [5.74, 6) is 0. The zero-order valence-corrected chi connectivity index (χ0v) is 14.0. The third kappa shape index (κ3) is 4.23. The molecule has 0 saturated heterocycles. The Labute approximate surface area is 137 Å². The third-order valence-electron chi connectivity index (χ3n) is 3.60. The smallest absolute Gasteiger partial charge is 0.0485 e. The molecular formula is C18H21Cl2N. The Hall–Kier alpha value is -1.02. The summed E-state index contributed by atoms with van der Waals surface area (Å²) in [6.07, 6.45) is 2.23. The van der Waals surface area contributed by atoms with Gasteiger partial charge in [0.2, 0.25) is 0 Å².